The highest BCUT2D eigenvalue weighted by Gasteiger charge is 2.09. The van der Waals surface area contributed by atoms with Crippen molar-refractivity contribution in [1.29, 1.82) is 0 Å². The Kier molecular flexibility index (Phi) is 3.64. The lowest BCUT2D eigenvalue weighted by Gasteiger charge is -2.13. The molecule has 0 radical (unpaired) electrons. The monoisotopic (exact) mass is 236 g/mol. The summed E-state index contributed by atoms with van der Waals surface area (Å²) in [5.41, 5.74) is 2.50. The van der Waals surface area contributed by atoms with E-state index in [0.29, 0.717) is 5.56 Å². The summed E-state index contributed by atoms with van der Waals surface area (Å²) in [7, 11) is 0. The SMILES string of the molecule is C[C@@H](NCc1cncs1)c1ccccc1F. The maximum atomic E-state index is 13.5. The van der Waals surface area contributed by atoms with E-state index >= 15 is 0 Å². The van der Waals surface area contributed by atoms with Crippen molar-refractivity contribution in [1.82, 2.24) is 10.3 Å². The molecule has 0 saturated carbocycles. The van der Waals surface area contributed by atoms with Crippen LogP contribution in [0.3, 0.4) is 0 Å². The average Bonchev–Trinajstić information content (AvgIpc) is 2.79. The number of thiazole rings is 1. The molecule has 0 saturated heterocycles. The Hall–Kier alpha value is -1.26. The molecular weight excluding hydrogens is 223 g/mol. The van der Waals surface area contributed by atoms with Gasteiger partial charge in [-0.15, -0.1) is 11.3 Å². The van der Waals surface area contributed by atoms with E-state index in [9.17, 15) is 4.39 Å². The quantitative estimate of drug-likeness (QED) is 0.882. The van der Waals surface area contributed by atoms with Gasteiger partial charge in [0.25, 0.3) is 0 Å². The van der Waals surface area contributed by atoms with E-state index in [1.165, 1.54) is 6.07 Å². The summed E-state index contributed by atoms with van der Waals surface area (Å²) in [5, 5.41) is 3.27. The third-order valence-corrected chi connectivity index (χ3v) is 3.22. The van der Waals surface area contributed by atoms with Crippen molar-refractivity contribution in [3.05, 3.63) is 52.2 Å². The Morgan fingerprint density at radius 3 is 2.94 bits per heavy atom. The topological polar surface area (TPSA) is 24.9 Å². The second kappa shape index (κ2) is 5.18. The fourth-order valence-electron chi connectivity index (χ4n) is 1.52. The molecule has 0 bridgehead atoms. The maximum absolute atomic E-state index is 13.5. The van der Waals surface area contributed by atoms with E-state index in [4.69, 9.17) is 0 Å². The number of nitrogens with zero attached hydrogens (tertiary/aromatic N) is 1. The maximum Gasteiger partial charge on any atom is 0.127 e. The number of benzene rings is 1. The lowest BCUT2D eigenvalue weighted by Crippen LogP contribution is -2.18. The van der Waals surface area contributed by atoms with Crippen LogP contribution < -0.4 is 5.32 Å². The van der Waals surface area contributed by atoms with Crippen LogP contribution in [0.2, 0.25) is 0 Å². The second-order valence-corrected chi connectivity index (χ2v) is 4.56. The number of halogens is 1. The molecule has 2 rings (SSSR count). The molecule has 16 heavy (non-hydrogen) atoms. The van der Waals surface area contributed by atoms with Gasteiger partial charge in [0.2, 0.25) is 0 Å². The standard InChI is InChI=1S/C12H13FN2S/c1-9(11-4-2-3-5-12(11)13)15-7-10-6-14-8-16-10/h2-6,8-9,15H,7H2,1H3/t9-/m1/s1. The number of nitrogens with one attached hydrogen (secondary N) is 1. The van der Waals surface area contributed by atoms with Crippen molar-refractivity contribution in [2.24, 2.45) is 0 Å². The Labute approximate surface area is 98.2 Å². The van der Waals surface area contributed by atoms with Gasteiger partial charge in [0.05, 0.1) is 5.51 Å². The molecule has 84 valence electrons. The molecule has 2 nitrogen and oxygen atoms in total. The molecule has 1 aromatic carbocycles. The van der Waals surface area contributed by atoms with Crippen LogP contribution in [0, 0.1) is 5.82 Å². The molecule has 0 fully saturated rings. The van der Waals surface area contributed by atoms with Crippen LogP contribution in [0.1, 0.15) is 23.4 Å². The minimum absolute atomic E-state index is 0.00306. The summed E-state index contributed by atoms with van der Waals surface area (Å²) < 4.78 is 13.5. The molecule has 0 aliphatic carbocycles. The fraction of sp³-hybridized carbons (Fsp3) is 0.250. The summed E-state index contributed by atoms with van der Waals surface area (Å²) in [4.78, 5) is 5.15. The first-order valence-corrected chi connectivity index (χ1v) is 6.00. The van der Waals surface area contributed by atoms with Gasteiger partial charge < -0.3 is 5.32 Å². The third-order valence-electron chi connectivity index (χ3n) is 2.44. The summed E-state index contributed by atoms with van der Waals surface area (Å²) in [5.74, 6) is -0.160. The van der Waals surface area contributed by atoms with Gasteiger partial charge in [-0.1, -0.05) is 18.2 Å². The van der Waals surface area contributed by atoms with Crippen LogP contribution in [-0.2, 0) is 6.54 Å². The van der Waals surface area contributed by atoms with Crippen molar-refractivity contribution >= 4 is 11.3 Å². The molecule has 0 aliphatic rings. The highest BCUT2D eigenvalue weighted by atomic mass is 32.1. The lowest BCUT2D eigenvalue weighted by atomic mass is 10.1. The van der Waals surface area contributed by atoms with Crippen LogP contribution in [0.4, 0.5) is 4.39 Å². The van der Waals surface area contributed by atoms with Gasteiger partial charge in [-0.2, -0.15) is 0 Å². The third kappa shape index (κ3) is 2.65. The van der Waals surface area contributed by atoms with Crippen LogP contribution in [0.25, 0.3) is 0 Å². The first-order valence-electron chi connectivity index (χ1n) is 5.12. The number of aromatic nitrogens is 1. The lowest BCUT2D eigenvalue weighted by molar-refractivity contribution is 0.530. The first kappa shape index (κ1) is 11.2. The Morgan fingerprint density at radius 2 is 2.25 bits per heavy atom. The van der Waals surface area contributed by atoms with Crippen LogP contribution in [-0.4, -0.2) is 4.98 Å². The molecule has 2 aromatic rings. The predicted molar refractivity (Wildman–Crippen MR) is 63.8 cm³/mol. The van der Waals surface area contributed by atoms with Crippen LogP contribution >= 0.6 is 11.3 Å². The zero-order valence-electron chi connectivity index (χ0n) is 8.98. The summed E-state index contributed by atoms with van der Waals surface area (Å²) in [6, 6.07) is 6.85. The van der Waals surface area contributed by atoms with Gasteiger partial charge in [-0.3, -0.25) is 4.98 Å². The summed E-state index contributed by atoms with van der Waals surface area (Å²) in [6.07, 6.45) is 1.83. The molecule has 0 aliphatic heterocycles. The average molecular weight is 236 g/mol. The van der Waals surface area contributed by atoms with Gasteiger partial charge in [-0.25, -0.2) is 4.39 Å². The molecule has 1 atom stereocenters. The van der Waals surface area contributed by atoms with E-state index in [2.05, 4.69) is 10.3 Å². The van der Waals surface area contributed by atoms with Crippen molar-refractivity contribution in [2.75, 3.05) is 0 Å². The van der Waals surface area contributed by atoms with Crippen LogP contribution in [0.5, 0.6) is 0 Å². The summed E-state index contributed by atoms with van der Waals surface area (Å²) >= 11 is 1.60. The van der Waals surface area contributed by atoms with Crippen molar-refractivity contribution in [2.45, 2.75) is 19.5 Å². The predicted octanol–water partition coefficient (Wildman–Crippen LogP) is 3.13. The number of hydrogen-bond donors (Lipinski definition) is 1. The van der Waals surface area contributed by atoms with Gasteiger partial charge >= 0.3 is 0 Å². The van der Waals surface area contributed by atoms with Gasteiger partial charge in [-0.05, 0) is 13.0 Å². The molecule has 1 aromatic heterocycles. The molecule has 0 spiro atoms. The van der Waals surface area contributed by atoms with Crippen molar-refractivity contribution in [3.63, 3.8) is 0 Å². The van der Waals surface area contributed by atoms with E-state index in [0.717, 1.165) is 11.4 Å². The molecular formula is C12H13FN2S. The molecule has 0 amide bonds. The first-order chi connectivity index (χ1) is 7.77. The summed E-state index contributed by atoms with van der Waals surface area (Å²) in [6.45, 7) is 2.68. The van der Waals surface area contributed by atoms with Crippen LogP contribution in [0.15, 0.2) is 36.0 Å². The molecule has 4 heteroatoms. The Balaban J connectivity index is 1.98. The zero-order valence-corrected chi connectivity index (χ0v) is 9.80. The molecule has 1 heterocycles. The minimum Gasteiger partial charge on any atom is -0.305 e. The minimum atomic E-state index is -0.160. The van der Waals surface area contributed by atoms with Crippen molar-refractivity contribution < 1.29 is 4.39 Å². The zero-order chi connectivity index (χ0) is 11.4. The van der Waals surface area contributed by atoms with Gasteiger partial charge in [0, 0.05) is 29.2 Å². The fourth-order valence-corrected chi connectivity index (χ4v) is 2.06. The van der Waals surface area contributed by atoms with E-state index in [-0.39, 0.29) is 11.9 Å². The highest BCUT2D eigenvalue weighted by molar-refractivity contribution is 7.09. The Bertz CT molecular complexity index is 442. The largest absolute Gasteiger partial charge is 0.305 e. The van der Waals surface area contributed by atoms with E-state index < -0.39 is 0 Å². The number of hydrogen-bond acceptors (Lipinski definition) is 3. The smallest absolute Gasteiger partial charge is 0.127 e. The van der Waals surface area contributed by atoms with E-state index in [1.807, 2.05) is 19.2 Å². The molecule has 0 unspecified atom stereocenters. The number of rotatable bonds is 4. The second-order valence-electron chi connectivity index (χ2n) is 3.59. The highest BCUT2D eigenvalue weighted by Crippen LogP contribution is 2.17. The van der Waals surface area contributed by atoms with E-state index in [1.54, 1.807) is 29.0 Å². The van der Waals surface area contributed by atoms with Crippen molar-refractivity contribution in [3.8, 4) is 0 Å². The van der Waals surface area contributed by atoms with Gasteiger partial charge in [0.1, 0.15) is 5.82 Å². The normalized spacial score (nSPS) is 12.6. The van der Waals surface area contributed by atoms with Gasteiger partial charge in [0.15, 0.2) is 0 Å². The Morgan fingerprint density at radius 1 is 1.44 bits per heavy atom. The molecule has 1 N–H and O–H groups in total.